The molecule has 0 saturated heterocycles. The molecule has 8 heavy (non-hydrogen) atoms. The Morgan fingerprint density at radius 3 is 2.88 bits per heavy atom. The molecule has 1 rings (SSSR count). The summed E-state index contributed by atoms with van der Waals surface area (Å²) in [5, 5.41) is 2.72. The Kier molecular flexibility index (Phi) is 1.88. The van der Waals surface area contributed by atoms with Crippen LogP contribution in [0.2, 0.25) is 0 Å². The van der Waals surface area contributed by atoms with E-state index in [1.54, 1.807) is 0 Å². The maximum atomic E-state index is 10.6. The highest BCUT2D eigenvalue weighted by Crippen LogP contribution is 2.09. The summed E-state index contributed by atoms with van der Waals surface area (Å²) in [6.45, 7) is 0.797. The largest absolute Gasteiger partial charge is 0.351 e. The molecule has 0 fully saturated rings. The number of nitrogens with one attached hydrogen (secondary N) is 1. The summed E-state index contributed by atoms with van der Waals surface area (Å²) in [6, 6.07) is 0. The summed E-state index contributed by atoms with van der Waals surface area (Å²) < 4.78 is 0.814. The van der Waals surface area contributed by atoms with Gasteiger partial charge in [-0.25, -0.2) is 0 Å². The molecular formula is C5H6INO. The van der Waals surface area contributed by atoms with Gasteiger partial charge in [0.25, 0.3) is 5.91 Å². The summed E-state index contributed by atoms with van der Waals surface area (Å²) in [4.78, 5) is 10.6. The Morgan fingerprint density at radius 1 is 1.75 bits per heavy atom. The molecule has 0 aromatic rings. The minimum absolute atomic E-state index is 0.0665. The first kappa shape index (κ1) is 6.07. The lowest BCUT2D eigenvalue weighted by Gasteiger charge is -2.06. The molecule has 0 unspecified atom stereocenters. The lowest BCUT2D eigenvalue weighted by molar-refractivity contribution is -0.116. The molecule has 1 heterocycles. The molecule has 0 spiro atoms. The van der Waals surface area contributed by atoms with Crippen LogP contribution in [0.1, 0.15) is 6.42 Å². The van der Waals surface area contributed by atoms with Gasteiger partial charge in [-0.1, -0.05) is 6.08 Å². The Bertz CT molecular complexity index is 141. The van der Waals surface area contributed by atoms with Gasteiger partial charge in [-0.3, -0.25) is 4.79 Å². The van der Waals surface area contributed by atoms with Gasteiger partial charge in [0.05, 0.1) is 3.58 Å². The van der Waals surface area contributed by atoms with E-state index in [1.807, 2.05) is 28.7 Å². The van der Waals surface area contributed by atoms with Crippen molar-refractivity contribution < 1.29 is 4.79 Å². The molecular weight excluding hydrogens is 217 g/mol. The number of hydrogen-bond donors (Lipinski definition) is 1. The molecule has 0 atom stereocenters. The first-order valence-corrected chi connectivity index (χ1v) is 3.52. The Hall–Kier alpha value is -0.0600. The average molecular weight is 223 g/mol. The highest BCUT2D eigenvalue weighted by molar-refractivity contribution is 14.1. The van der Waals surface area contributed by atoms with Crippen LogP contribution in [0.15, 0.2) is 9.66 Å². The van der Waals surface area contributed by atoms with Crippen LogP contribution < -0.4 is 5.32 Å². The van der Waals surface area contributed by atoms with Gasteiger partial charge in [0.15, 0.2) is 0 Å². The molecule has 1 amide bonds. The van der Waals surface area contributed by atoms with Gasteiger partial charge in [-0.05, 0) is 29.0 Å². The highest BCUT2D eigenvalue weighted by atomic mass is 127. The van der Waals surface area contributed by atoms with Crippen LogP contribution in [0.5, 0.6) is 0 Å². The third-order valence-corrected chi connectivity index (χ3v) is 1.90. The van der Waals surface area contributed by atoms with E-state index < -0.39 is 0 Å². The van der Waals surface area contributed by atoms with Gasteiger partial charge in [-0.15, -0.1) is 0 Å². The third kappa shape index (κ3) is 1.21. The van der Waals surface area contributed by atoms with Crippen LogP contribution in [0.25, 0.3) is 0 Å². The van der Waals surface area contributed by atoms with Crippen LogP contribution in [-0.4, -0.2) is 12.5 Å². The first-order valence-electron chi connectivity index (χ1n) is 2.44. The number of hydrogen-bond acceptors (Lipinski definition) is 1. The third-order valence-electron chi connectivity index (χ3n) is 0.970. The van der Waals surface area contributed by atoms with E-state index in [4.69, 9.17) is 0 Å². The Morgan fingerprint density at radius 2 is 2.50 bits per heavy atom. The summed E-state index contributed by atoms with van der Waals surface area (Å²) >= 11 is 2.03. The van der Waals surface area contributed by atoms with Crippen molar-refractivity contribution in [1.29, 1.82) is 0 Å². The standard InChI is InChI=1S/C5H6INO/c6-4-2-1-3-7-5(4)8/h2H,1,3H2,(H,7,8). The van der Waals surface area contributed by atoms with E-state index in [9.17, 15) is 4.79 Å². The molecule has 2 nitrogen and oxygen atoms in total. The van der Waals surface area contributed by atoms with Crippen LogP contribution >= 0.6 is 22.6 Å². The quantitative estimate of drug-likeness (QED) is 0.605. The van der Waals surface area contributed by atoms with Gasteiger partial charge in [0.2, 0.25) is 0 Å². The molecule has 1 aliphatic heterocycles. The van der Waals surface area contributed by atoms with E-state index in [0.717, 1.165) is 16.5 Å². The molecule has 0 aliphatic carbocycles. The number of rotatable bonds is 0. The molecule has 44 valence electrons. The SMILES string of the molecule is O=C1NCCC=C1I. The molecule has 0 radical (unpaired) electrons. The zero-order chi connectivity index (χ0) is 5.98. The molecule has 0 aromatic carbocycles. The predicted octanol–water partition coefficient (Wildman–Crippen LogP) is 0.825. The lowest BCUT2D eigenvalue weighted by atomic mass is 10.3. The van der Waals surface area contributed by atoms with Crippen molar-refractivity contribution in [3.63, 3.8) is 0 Å². The molecule has 0 bridgehead atoms. The normalized spacial score (nSPS) is 19.6. The number of carbonyl (C=O) groups is 1. The smallest absolute Gasteiger partial charge is 0.257 e. The molecule has 3 heteroatoms. The summed E-state index contributed by atoms with van der Waals surface area (Å²) in [6.07, 6.45) is 2.92. The molecule has 1 aliphatic rings. The highest BCUT2D eigenvalue weighted by Gasteiger charge is 2.07. The summed E-state index contributed by atoms with van der Waals surface area (Å²) in [5.74, 6) is 0.0665. The zero-order valence-electron chi connectivity index (χ0n) is 4.28. The van der Waals surface area contributed by atoms with Gasteiger partial charge in [0.1, 0.15) is 0 Å². The van der Waals surface area contributed by atoms with Crippen molar-refractivity contribution >= 4 is 28.5 Å². The monoisotopic (exact) mass is 223 g/mol. The maximum absolute atomic E-state index is 10.6. The van der Waals surface area contributed by atoms with Crippen LogP contribution in [0.4, 0.5) is 0 Å². The summed E-state index contributed by atoms with van der Waals surface area (Å²) in [5.41, 5.74) is 0. The predicted molar refractivity (Wildman–Crippen MR) is 39.7 cm³/mol. The lowest BCUT2D eigenvalue weighted by Crippen LogP contribution is -2.27. The van der Waals surface area contributed by atoms with Crippen LogP contribution in [0, 0.1) is 0 Å². The van der Waals surface area contributed by atoms with E-state index in [2.05, 4.69) is 5.32 Å². The zero-order valence-corrected chi connectivity index (χ0v) is 6.44. The van der Waals surface area contributed by atoms with Crippen LogP contribution in [-0.2, 0) is 4.79 Å². The van der Waals surface area contributed by atoms with Crippen molar-refractivity contribution in [3.8, 4) is 0 Å². The van der Waals surface area contributed by atoms with Crippen molar-refractivity contribution in [2.75, 3.05) is 6.54 Å². The number of carbonyl (C=O) groups excluding carboxylic acids is 1. The van der Waals surface area contributed by atoms with Gasteiger partial charge in [-0.2, -0.15) is 0 Å². The number of halogens is 1. The summed E-state index contributed by atoms with van der Waals surface area (Å²) in [7, 11) is 0. The second-order valence-electron chi connectivity index (χ2n) is 1.60. The fraction of sp³-hybridized carbons (Fsp3) is 0.400. The van der Waals surface area contributed by atoms with Crippen molar-refractivity contribution in [2.24, 2.45) is 0 Å². The van der Waals surface area contributed by atoms with Crippen molar-refractivity contribution in [1.82, 2.24) is 5.32 Å². The van der Waals surface area contributed by atoms with E-state index in [1.165, 1.54) is 0 Å². The number of amides is 1. The maximum Gasteiger partial charge on any atom is 0.257 e. The Balaban J connectivity index is 2.67. The first-order chi connectivity index (χ1) is 3.80. The topological polar surface area (TPSA) is 29.1 Å². The second-order valence-corrected chi connectivity index (χ2v) is 2.76. The minimum Gasteiger partial charge on any atom is -0.351 e. The average Bonchev–Trinajstić information content (AvgIpc) is 1.77. The fourth-order valence-electron chi connectivity index (χ4n) is 0.562. The second kappa shape index (κ2) is 2.48. The van der Waals surface area contributed by atoms with Crippen molar-refractivity contribution in [2.45, 2.75) is 6.42 Å². The van der Waals surface area contributed by atoms with E-state index >= 15 is 0 Å². The molecule has 1 N–H and O–H groups in total. The van der Waals surface area contributed by atoms with Crippen LogP contribution in [0.3, 0.4) is 0 Å². The van der Waals surface area contributed by atoms with Crippen molar-refractivity contribution in [3.05, 3.63) is 9.66 Å². The Labute approximate surface area is 61.5 Å². The fourth-order valence-corrected chi connectivity index (χ4v) is 1.06. The van der Waals surface area contributed by atoms with Gasteiger partial charge in [0, 0.05) is 6.54 Å². The molecule has 0 saturated carbocycles. The molecule has 0 aromatic heterocycles. The van der Waals surface area contributed by atoms with E-state index in [-0.39, 0.29) is 5.91 Å². The van der Waals surface area contributed by atoms with E-state index in [0.29, 0.717) is 0 Å². The minimum atomic E-state index is 0.0665. The van der Waals surface area contributed by atoms with Gasteiger partial charge >= 0.3 is 0 Å². The van der Waals surface area contributed by atoms with Gasteiger partial charge < -0.3 is 5.32 Å².